The zero-order chi connectivity index (χ0) is 14.1. The summed E-state index contributed by atoms with van der Waals surface area (Å²) in [6.07, 6.45) is 1.79. The number of rotatable bonds is 9. The molecule has 4 heteroatoms. The van der Waals surface area contributed by atoms with Crippen molar-refractivity contribution >= 4 is 0 Å². The van der Waals surface area contributed by atoms with Gasteiger partial charge >= 0.3 is 0 Å². The van der Waals surface area contributed by atoms with Gasteiger partial charge in [-0.3, -0.25) is 0 Å². The minimum atomic E-state index is -0.158. The number of nitrogens with zero attached hydrogens (tertiary/aromatic N) is 1. The third kappa shape index (κ3) is 6.14. The van der Waals surface area contributed by atoms with Crippen LogP contribution in [0.15, 0.2) is 24.3 Å². The van der Waals surface area contributed by atoms with Crippen LogP contribution in [0, 0.1) is 5.82 Å². The summed E-state index contributed by atoms with van der Waals surface area (Å²) in [6, 6.07) is 7.11. The first kappa shape index (κ1) is 16.1. The van der Waals surface area contributed by atoms with Crippen molar-refractivity contribution in [3.63, 3.8) is 0 Å². The van der Waals surface area contributed by atoms with Crippen molar-refractivity contribution in [2.45, 2.75) is 32.4 Å². The summed E-state index contributed by atoms with van der Waals surface area (Å²) in [4.78, 5) is 2.08. The largest absolute Gasteiger partial charge is 0.396 e. The summed E-state index contributed by atoms with van der Waals surface area (Å²) in [7, 11) is 1.98. The second-order valence-corrected chi connectivity index (χ2v) is 4.95. The van der Waals surface area contributed by atoms with Gasteiger partial charge in [-0.15, -0.1) is 0 Å². The summed E-state index contributed by atoms with van der Waals surface area (Å²) < 4.78 is 13.6. The van der Waals surface area contributed by atoms with E-state index < -0.39 is 0 Å². The highest BCUT2D eigenvalue weighted by molar-refractivity contribution is 5.16. The second kappa shape index (κ2) is 9.02. The molecule has 1 aromatic carbocycles. The number of nitrogens with one attached hydrogen (secondary N) is 1. The second-order valence-electron chi connectivity index (χ2n) is 4.95. The summed E-state index contributed by atoms with van der Waals surface area (Å²) >= 11 is 0. The highest BCUT2D eigenvalue weighted by Crippen LogP contribution is 2.09. The van der Waals surface area contributed by atoms with Crippen LogP contribution in [0.4, 0.5) is 4.39 Å². The molecule has 0 radical (unpaired) electrons. The van der Waals surface area contributed by atoms with Crippen LogP contribution >= 0.6 is 0 Å². The smallest absolute Gasteiger partial charge is 0.127 e. The molecule has 1 unspecified atom stereocenters. The van der Waals surface area contributed by atoms with Gasteiger partial charge in [0, 0.05) is 31.3 Å². The molecule has 0 aliphatic rings. The van der Waals surface area contributed by atoms with Gasteiger partial charge in [0.15, 0.2) is 0 Å². The number of hydrogen-bond acceptors (Lipinski definition) is 3. The Kier molecular flexibility index (Phi) is 7.63. The number of likely N-dealkylation sites (N-methyl/N-ethyl adjacent to an activating group) is 1. The quantitative estimate of drug-likeness (QED) is 0.719. The first-order chi connectivity index (χ1) is 9.17. The van der Waals surface area contributed by atoms with E-state index in [-0.39, 0.29) is 18.5 Å². The monoisotopic (exact) mass is 268 g/mol. The molecule has 1 rings (SSSR count). The molecule has 3 nitrogen and oxygen atoms in total. The SMILES string of the molecule is CCCNC(CCO)CN(C)Cc1ccccc1F. The molecule has 0 saturated heterocycles. The lowest BCUT2D eigenvalue weighted by Gasteiger charge is -2.24. The van der Waals surface area contributed by atoms with Crippen molar-refractivity contribution in [2.24, 2.45) is 0 Å². The Hall–Kier alpha value is -0.970. The fourth-order valence-electron chi connectivity index (χ4n) is 2.12. The van der Waals surface area contributed by atoms with Crippen LogP contribution in [-0.4, -0.2) is 42.8 Å². The fourth-order valence-corrected chi connectivity index (χ4v) is 2.12. The standard InChI is InChI=1S/C15H25FN2O/c1-3-9-17-14(8-10-19)12-18(2)11-13-6-4-5-7-15(13)16/h4-7,14,17,19H,3,8-12H2,1-2H3. The van der Waals surface area contributed by atoms with Gasteiger partial charge in [-0.1, -0.05) is 25.1 Å². The fraction of sp³-hybridized carbons (Fsp3) is 0.600. The third-order valence-electron chi connectivity index (χ3n) is 3.09. The van der Waals surface area contributed by atoms with E-state index in [0.29, 0.717) is 12.1 Å². The number of halogens is 1. The summed E-state index contributed by atoms with van der Waals surface area (Å²) in [6.45, 7) is 4.62. The maximum atomic E-state index is 13.6. The Morgan fingerprint density at radius 1 is 1.37 bits per heavy atom. The lowest BCUT2D eigenvalue weighted by Crippen LogP contribution is -2.40. The van der Waals surface area contributed by atoms with Gasteiger partial charge in [-0.05, 0) is 32.5 Å². The first-order valence-corrected chi connectivity index (χ1v) is 6.93. The van der Waals surface area contributed by atoms with E-state index in [9.17, 15) is 4.39 Å². The van der Waals surface area contributed by atoms with Crippen molar-refractivity contribution in [1.29, 1.82) is 0 Å². The van der Waals surface area contributed by atoms with Gasteiger partial charge in [-0.2, -0.15) is 0 Å². The van der Waals surface area contributed by atoms with Crippen molar-refractivity contribution in [3.05, 3.63) is 35.6 Å². The highest BCUT2D eigenvalue weighted by atomic mass is 19.1. The maximum absolute atomic E-state index is 13.6. The minimum Gasteiger partial charge on any atom is -0.396 e. The molecule has 0 saturated carbocycles. The number of aliphatic hydroxyl groups is 1. The van der Waals surface area contributed by atoms with Crippen LogP contribution in [0.2, 0.25) is 0 Å². The molecular formula is C15H25FN2O. The Balaban J connectivity index is 2.47. The van der Waals surface area contributed by atoms with E-state index in [0.717, 1.165) is 25.9 Å². The van der Waals surface area contributed by atoms with E-state index in [4.69, 9.17) is 5.11 Å². The molecule has 108 valence electrons. The van der Waals surface area contributed by atoms with E-state index >= 15 is 0 Å². The Labute approximate surface area is 115 Å². The molecule has 0 aliphatic heterocycles. The van der Waals surface area contributed by atoms with Crippen molar-refractivity contribution in [2.75, 3.05) is 26.7 Å². The van der Waals surface area contributed by atoms with Gasteiger partial charge in [-0.25, -0.2) is 4.39 Å². The summed E-state index contributed by atoms with van der Waals surface area (Å²) in [5.41, 5.74) is 0.711. The molecule has 0 spiro atoms. The van der Waals surface area contributed by atoms with Crippen molar-refractivity contribution in [1.82, 2.24) is 10.2 Å². The van der Waals surface area contributed by atoms with Crippen molar-refractivity contribution in [3.8, 4) is 0 Å². The van der Waals surface area contributed by atoms with Gasteiger partial charge in [0.1, 0.15) is 5.82 Å². The molecular weight excluding hydrogens is 243 g/mol. The molecule has 0 fully saturated rings. The van der Waals surface area contributed by atoms with Gasteiger partial charge in [0.05, 0.1) is 0 Å². The van der Waals surface area contributed by atoms with Crippen molar-refractivity contribution < 1.29 is 9.50 Å². The maximum Gasteiger partial charge on any atom is 0.127 e. The molecule has 19 heavy (non-hydrogen) atoms. The molecule has 2 N–H and O–H groups in total. The van der Waals surface area contributed by atoms with Crippen LogP contribution in [0.1, 0.15) is 25.3 Å². The minimum absolute atomic E-state index is 0.158. The average Bonchev–Trinajstić information content (AvgIpc) is 2.39. The highest BCUT2D eigenvalue weighted by Gasteiger charge is 2.12. The first-order valence-electron chi connectivity index (χ1n) is 6.93. The molecule has 0 heterocycles. The number of aliphatic hydroxyl groups excluding tert-OH is 1. The normalized spacial score (nSPS) is 12.9. The van der Waals surface area contributed by atoms with Crippen LogP contribution in [0.5, 0.6) is 0 Å². The predicted octanol–water partition coefficient (Wildman–Crippen LogP) is 2.01. The topological polar surface area (TPSA) is 35.5 Å². The van der Waals surface area contributed by atoms with E-state index in [2.05, 4.69) is 17.1 Å². The van der Waals surface area contributed by atoms with Crippen LogP contribution in [0.25, 0.3) is 0 Å². The van der Waals surface area contributed by atoms with Crippen LogP contribution < -0.4 is 5.32 Å². The molecule has 0 bridgehead atoms. The molecule has 1 aromatic rings. The number of hydrogen-bond donors (Lipinski definition) is 2. The molecule has 0 aromatic heterocycles. The van der Waals surface area contributed by atoms with Gasteiger partial charge in [0.2, 0.25) is 0 Å². The molecule has 1 atom stereocenters. The van der Waals surface area contributed by atoms with Gasteiger partial charge < -0.3 is 15.3 Å². The average molecular weight is 268 g/mol. The van der Waals surface area contributed by atoms with E-state index in [1.54, 1.807) is 6.07 Å². The predicted molar refractivity (Wildman–Crippen MR) is 76.5 cm³/mol. The molecule has 0 aliphatic carbocycles. The van der Waals surface area contributed by atoms with Crippen LogP contribution in [-0.2, 0) is 6.54 Å². The van der Waals surface area contributed by atoms with E-state index in [1.807, 2.05) is 19.2 Å². The Morgan fingerprint density at radius 2 is 2.11 bits per heavy atom. The number of benzene rings is 1. The Morgan fingerprint density at radius 3 is 2.74 bits per heavy atom. The lowest BCUT2D eigenvalue weighted by molar-refractivity contribution is 0.224. The Bertz CT molecular complexity index is 360. The lowest BCUT2D eigenvalue weighted by atomic mass is 10.1. The van der Waals surface area contributed by atoms with Crippen LogP contribution in [0.3, 0.4) is 0 Å². The summed E-state index contributed by atoms with van der Waals surface area (Å²) in [5.74, 6) is -0.158. The summed E-state index contributed by atoms with van der Waals surface area (Å²) in [5, 5.41) is 12.5. The molecule has 0 amide bonds. The van der Waals surface area contributed by atoms with Gasteiger partial charge in [0.25, 0.3) is 0 Å². The zero-order valence-electron chi connectivity index (χ0n) is 11.9. The van der Waals surface area contributed by atoms with E-state index in [1.165, 1.54) is 6.07 Å². The third-order valence-corrected chi connectivity index (χ3v) is 3.09. The zero-order valence-corrected chi connectivity index (χ0v) is 11.9.